The molecule has 16 heavy (non-hydrogen) atoms. The lowest BCUT2D eigenvalue weighted by Crippen LogP contribution is -2.07. The first kappa shape index (κ1) is 13.5. The predicted octanol–water partition coefficient (Wildman–Crippen LogP) is 3.08. The second-order valence-corrected chi connectivity index (χ2v) is 4.55. The first-order valence-corrected chi connectivity index (χ1v) is 6.56. The molecule has 0 amide bonds. The summed E-state index contributed by atoms with van der Waals surface area (Å²) in [4.78, 5) is 0. The van der Waals surface area contributed by atoms with Crippen LogP contribution in [0, 0.1) is 0 Å². The third kappa shape index (κ3) is 4.96. The van der Waals surface area contributed by atoms with Crippen molar-refractivity contribution in [1.29, 1.82) is 0 Å². The Kier molecular flexibility index (Phi) is 6.44. The lowest BCUT2D eigenvalue weighted by molar-refractivity contribution is 0.112. The summed E-state index contributed by atoms with van der Waals surface area (Å²) in [6.07, 6.45) is 0.975. The molecule has 0 aliphatic heterocycles. The van der Waals surface area contributed by atoms with E-state index in [1.165, 1.54) is 5.56 Å². The molecule has 1 rings (SSSR count). The zero-order valence-electron chi connectivity index (χ0n) is 10.1. The van der Waals surface area contributed by atoms with Crippen molar-refractivity contribution in [3.05, 3.63) is 29.8 Å². The van der Waals surface area contributed by atoms with Crippen molar-refractivity contribution in [1.82, 2.24) is 0 Å². The summed E-state index contributed by atoms with van der Waals surface area (Å²) in [5.41, 5.74) is 1.34. The van der Waals surface area contributed by atoms with Crippen LogP contribution in [0.4, 0.5) is 0 Å². The number of ether oxygens (including phenoxy) is 2. The standard InChI is InChI=1S/C13H21O2P/c1-11(2)12-3-5-13(6-4-12)15-8-7-14-9-10-16/h3-6,11H,7-10,16H2,1-2H3. The summed E-state index contributed by atoms with van der Waals surface area (Å²) in [5.74, 6) is 1.48. The highest BCUT2D eigenvalue weighted by Gasteiger charge is 1.99. The van der Waals surface area contributed by atoms with E-state index >= 15 is 0 Å². The number of hydrogen-bond donors (Lipinski definition) is 0. The SMILES string of the molecule is CC(C)c1ccc(OCCOCCP)cc1. The molecule has 0 bridgehead atoms. The minimum Gasteiger partial charge on any atom is -0.491 e. The maximum absolute atomic E-state index is 5.56. The van der Waals surface area contributed by atoms with Crippen LogP contribution in [0.2, 0.25) is 0 Å². The summed E-state index contributed by atoms with van der Waals surface area (Å²) in [6.45, 7) is 6.42. The van der Waals surface area contributed by atoms with Crippen molar-refractivity contribution in [2.75, 3.05) is 26.0 Å². The molecule has 90 valence electrons. The molecule has 1 atom stereocenters. The van der Waals surface area contributed by atoms with Crippen molar-refractivity contribution in [2.24, 2.45) is 0 Å². The molecule has 0 fully saturated rings. The quantitative estimate of drug-likeness (QED) is 0.538. The van der Waals surface area contributed by atoms with Gasteiger partial charge in [-0.3, -0.25) is 0 Å². The predicted molar refractivity (Wildman–Crippen MR) is 71.4 cm³/mol. The van der Waals surface area contributed by atoms with Crippen LogP contribution >= 0.6 is 9.24 Å². The Morgan fingerprint density at radius 1 is 1.06 bits per heavy atom. The topological polar surface area (TPSA) is 18.5 Å². The fourth-order valence-corrected chi connectivity index (χ4v) is 1.52. The van der Waals surface area contributed by atoms with E-state index in [9.17, 15) is 0 Å². The smallest absolute Gasteiger partial charge is 0.119 e. The van der Waals surface area contributed by atoms with Gasteiger partial charge >= 0.3 is 0 Å². The zero-order chi connectivity index (χ0) is 11.8. The van der Waals surface area contributed by atoms with E-state index in [0.29, 0.717) is 19.1 Å². The Bertz CT molecular complexity index is 282. The largest absolute Gasteiger partial charge is 0.491 e. The van der Waals surface area contributed by atoms with Gasteiger partial charge in [0, 0.05) is 0 Å². The van der Waals surface area contributed by atoms with Gasteiger partial charge in [0.05, 0.1) is 13.2 Å². The van der Waals surface area contributed by atoms with Crippen LogP contribution in [0.25, 0.3) is 0 Å². The van der Waals surface area contributed by atoms with Gasteiger partial charge < -0.3 is 9.47 Å². The second-order valence-electron chi connectivity index (χ2n) is 3.97. The van der Waals surface area contributed by atoms with Crippen LogP contribution in [0.3, 0.4) is 0 Å². The molecule has 0 radical (unpaired) electrons. The molecule has 0 heterocycles. The molecular weight excluding hydrogens is 219 g/mol. The maximum atomic E-state index is 5.56. The average molecular weight is 240 g/mol. The molecule has 1 unspecified atom stereocenters. The van der Waals surface area contributed by atoms with Crippen molar-refractivity contribution in [3.8, 4) is 5.75 Å². The monoisotopic (exact) mass is 240 g/mol. The Labute approximate surface area is 101 Å². The molecule has 0 saturated heterocycles. The fourth-order valence-electron chi connectivity index (χ4n) is 1.35. The highest BCUT2D eigenvalue weighted by Crippen LogP contribution is 2.18. The van der Waals surface area contributed by atoms with E-state index in [1.807, 2.05) is 12.1 Å². The van der Waals surface area contributed by atoms with Gasteiger partial charge in [-0.05, 0) is 29.8 Å². The van der Waals surface area contributed by atoms with Gasteiger partial charge in [-0.15, -0.1) is 9.24 Å². The molecule has 0 aromatic heterocycles. The van der Waals surface area contributed by atoms with E-state index < -0.39 is 0 Å². The summed E-state index contributed by atoms with van der Waals surface area (Å²) >= 11 is 0. The third-order valence-electron chi connectivity index (χ3n) is 2.31. The summed E-state index contributed by atoms with van der Waals surface area (Å²) in [7, 11) is 2.64. The molecular formula is C13H21O2P. The Balaban J connectivity index is 2.27. The summed E-state index contributed by atoms with van der Waals surface area (Å²) < 4.78 is 10.9. The first-order chi connectivity index (χ1) is 7.74. The number of rotatable bonds is 7. The summed E-state index contributed by atoms with van der Waals surface area (Å²) in [5, 5.41) is 0. The van der Waals surface area contributed by atoms with E-state index in [1.54, 1.807) is 0 Å². The Morgan fingerprint density at radius 3 is 2.31 bits per heavy atom. The van der Waals surface area contributed by atoms with Gasteiger partial charge in [-0.25, -0.2) is 0 Å². The molecule has 0 spiro atoms. The molecule has 3 heteroatoms. The van der Waals surface area contributed by atoms with E-state index in [4.69, 9.17) is 9.47 Å². The minimum absolute atomic E-state index is 0.569. The zero-order valence-corrected chi connectivity index (χ0v) is 11.3. The van der Waals surface area contributed by atoms with Gasteiger partial charge in [0.2, 0.25) is 0 Å². The second kappa shape index (κ2) is 7.65. The van der Waals surface area contributed by atoms with Gasteiger partial charge in [-0.1, -0.05) is 26.0 Å². The van der Waals surface area contributed by atoms with Crippen molar-refractivity contribution >= 4 is 9.24 Å². The van der Waals surface area contributed by atoms with Crippen molar-refractivity contribution in [2.45, 2.75) is 19.8 Å². The third-order valence-corrected chi connectivity index (χ3v) is 2.54. The van der Waals surface area contributed by atoms with Gasteiger partial charge in [0.15, 0.2) is 0 Å². The molecule has 0 N–H and O–H groups in total. The average Bonchev–Trinajstić information content (AvgIpc) is 2.29. The lowest BCUT2D eigenvalue weighted by atomic mass is 10.0. The van der Waals surface area contributed by atoms with Crippen LogP contribution in [-0.4, -0.2) is 26.0 Å². The molecule has 1 aromatic carbocycles. The molecule has 2 nitrogen and oxygen atoms in total. The Morgan fingerprint density at radius 2 is 1.75 bits per heavy atom. The van der Waals surface area contributed by atoms with Gasteiger partial charge in [0.1, 0.15) is 12.4 Å². The van der Waals surface area contributed by atoms with E-state index in [2.05, 4.69) is 35.2 Å². The molecule has 1 aromatic rings. The lowest BCUT2D eigenvalue weighted by Gasteiger charge is -2.09. The normalized spacial score (nSPS) is 10.8. The van der Waals surface area contributed by atoms with E-state index in [-0.39, 0.29) is 0 Å². The fraction of sp³-hybridized carbons (Fsp3) is 0.538. The van der Waals surface area contributed by atoms with Crippen LogP contribution < -0.4 is 4.74 Å². The van der Waals surface area contributed by atoms with Gasteiger partial charge in [-0.2, -0.15) is 0 Å². The van der Waals surface area contributed by atoms with Crippen LogP contribution in [0.15, 0.2) is 24.3 Å². The molecule has 0 aliphatic carbocycles. The van der Waals surface area contributed by atoms with Crippen molar-refractivity contribution in [3.63, 3.8) is 0 Å². The van der Waals surface area contributed by atoms with Crippen LogP contribution in [0.1, 0.15) is 25.3 Å². The highest BCUT2D eigenvalue weighted by molar-refractivity contribution is 7.16. The maximum Gasteiger partial charge on any atom is 0.119 e. The van der Waals surface area contributed by atoms with E-state index in [0.717, 1.165) is 18.5 Å². The summed E-state index contributed by atoms with van der Waals surface area (Å²) in [6, 6.07) is 8.27. The highest BCUT2D eigenvalue weighted by atomic mass is 31.0. The van der Waals surface area contributed by atoms with Crippen molar-refractivity contribution < 1.29 is 9.47 Å². The van der Waals surface area contributed by atoms with Crippen LogP contribution in [0.5, 0.6) is 5.75 Å². The minimum atomic E-state index is 0.569. The van der Waals surface area contributed by atoms with Crippen LogP contribution in [-0.2, 0) is 4.74 Å². The number of benzene rings is 1. The first-order valence-electron chi connectivity index (χ1n) is 5.74. The van der Waals surface area contributed by atoms with Gasteiger partial charge in [0.25, 0.3) is 0 Å². The molecule has 0 saturated carbocycles. The Hall–Kier alpha value is -0.590. The number of hydrogen-bond acceptors (Lipinski definition) is 2. The molecule has 0 aliphatic rings.